The third kappa shape index (κ3) is 2.90. The largest absolute Gasteiger partial charge is 0.307 e. The van der Waals surface area contributed by atoms with Crippen molar-refractivity contribution < 1.29 is 0 Å². The summed E-state index contributed by atoms with van der Waals surface area (Å²) in [4.78, 5) is 0. The van der Waals surface area contributed by atoms with Gasteiger partial charge in [-0.3, -0.25) is 0 Å². The number of rotatable bonds is 3. The summed E-state index contributed by atoms with van der Waals surface area (Å²) in [5.41, 5.74) is 3.07. The molecular formula is C17H24BrN. The minimum Gasteiger partial charge on any atom is -0.307 e. The van der Waals surface area contributed by atoms with E-state index < -0.39 is 0 Å². The molecule has 19 heavy (non-hydrogen) atoms. The number of halogens is 1. The van der Waals surface area contributed by atoms with Gasteiger partial charge >= 0.3 is 0 Å². The highest BCUT2D eigenvalue weighted by Gasteiger charge is 2.28. The second-order valence-corrected chi connectivity index (χ2v) is 7.06. The van der Waals surface area contributed by atoms with E-state index in [1.807, 2.05) is 0 Å². The maximum absolute atomic E-state index is 3.94. The van der Waals surface area contributed by atoms with E-state index in [1.54, 1.807) is 0 Å². The van der Waals surface area contributed by atoms with Crippen LogP contribution in [0.2, 0.25) is 0 Å². The molecule has 0 heterocycles. The van der Waals surface area contributed by atoms with E-state index in [2.05, 4.69) is 46.4 Å². The average molecular weight is 322 g/mol. The van der Waals surface area contributed by atoms with E-state index >= 15 is 0 Å². The van der Waals surface area contributed by atoms with E-state index in [0.29, 0.717) is 6.04 Å². The molecule has 1 nitrogen and oxygen atoms in total. The van der Waals surface area contributed by atoms with Crippen molar-refractivity contribution in [3.63, 3.8) is 0 Å². The van der Waals surface area contributed by atoms with Crippen LogP contribution in [0.15, 0.2) is 22.7 Å². The third-order valence-electron chi connectivity index (χ3n) is 5.01. The molecule has 0 aromatic heterocycles. The van der Waals surface area contributed by atoms with Gasteiger partial charge in [0.05, 0.1) is 0 Å². The summed E-state index contributed by atoms with van der Waals surface area (Å²) in [6.45, 7) is 2.34. The Morgan fingerprint density at radius 1 is 1.26 bits per heavy atom. The highest BCUT2D eigenvalue weighted by atomic mass is 79.9. The normalized spacial score (nSPS) is 30.3. The Bertz CT molecular complexity index is 443. The first-order valence-corrected chi connectivity index (χ1v) is 8.60. The monoisotopic (exact) mass is 321 g/mol. The predicted molar refractivity (Wildman–Crippen MR) is 84.4 cm³/mol. The molecule has 2 heteroatoms. The van der Waals surface area contributed by atoms with E-state index in [0.717, 1.165) is 12.0 Å². The van der Waals surface area contributed by atoms with Crippen LogP contribution in [0.25, 0.3) is 0 Å². The zero-order chi connectivity index (χ0) is 13.2. The molecular weight excluding hydrogens is 298 g/mol. The molecule has 2 aliphatic carbocycles. The van der Waals surface area contributed by atoms with Crippen LogP contribution in [0.3, 0.4) is 0 Å². The van der Waals surface area contributed by atoms with Gasteiger partial charge in [-0.15, -0.1) is 0 Å². The van der Waals surface area contributed by atoms with Crippen LogP contribution in [0.4, 0.5) is 0 Å². The molecule has 1 aromatic carbocycles. The molecule has 3 unspecified atom stereocenters. The molecule has 0 spiro atoms. The Balaban J connectivity index is 1.68. The van der Waals surface area contributed by atoms with Gasteiger partial charge in [-0.05, 0) is 48.8 Å². The molecule has 3 rings (SSSR count). The summed E-state index contributed by atoms with van der Waals surface area (Å²) >= 11 is 3.69. The zero-order valence-electron chi connectivity index (χ0n) is 11.8. The molecule has 1 saturated carbocycles. The van der Waals surface area contributed by atoms with Crippen LogP contribution in [-0.2, 0) is 6.42 Å². The van der Waals surface area contributed by atoms with Crippen molar-refractivity contribution in [3.05, 3.63) is 33.8 Å². The second kappa shape index (κ2) is 5.97. The van der Waals surface area contributed by atoms with Crippen LogP contribution in [-0.4, -0.2) is 6.04 Å². The first-order chi connectivity index (χ1) is 9.28. The van der Waals surface area contributed by atoms with Crippen LogP contribution >= 0.6 is 15.9 Å². The molecule has 0 radical (unpaired) electrons. The number of benzene rings is 1. The lowest BCUT2D eigenvalue weighted by Gasteiger charge is -2.31. The van der Waals surface area contributed by atoms with Crippen molar-refractivity contribution in [1.82, 2.24) is 5.32 Å². The Labute approximate surface area is 125 Å². The van der Waals surface area contributed by atoms with Crippen molar-refractivity contribution in [3.8, 4) is 0 Å². The summed E-state index contributed by atoms with van der Waals surface area (Å²) in [7, 11) is 0. The van der Waals surface area contributed by atoms with Crippen molar-refractivity contribution >= 4 is 15.9 Å². The molecule has 0 bridgehead atoms. The van der Waals surface area contributed by atoms with Gasteiger partial charge in [0.25, 0.3) is 0 Å². The fourth-order valence-corrected chi connectivity index (χ4v) is 4.46. The Kier molecular flexibility index (Phi) is 4.28. The smallest absolute Gasteiger partial charge is 0.0328 e. The summed E-state index contributed by atoms with van der Waals surface area (Å²) in [5, 5.41) is 3.94. The maximum Gasteiger partial charge on any atom is 0.0328 e. The first-order valence-electron chi connectivity index (χ1n) is 7.81. The van der Waals surface area contributed by atoms with Gasteiger partial charge < -0.3 is 5.32 Å². The second-order valence-electron chi connectivity index (χ2n) is 6.20. The number of hydrogen-bond acceptors (Lipinski definition) is 1. The molecule has 0 aliphatic heterocycles. The first kappa shape index (κ1) is 13.6. The lowest BCUT2D eigenvalue weighted by molar-refractivity contribution is 0.261. The number of fused-ring (bicyclic) bond motifs is 1. The van der Waals surface area contributed by atoms with E-state index in [1.165, 1.54) is 60.5 Å². The third-order valence-corrected chi connectivity index (χ3v) is 5.75. The Morgan fingerprint density at radius 3 is 3.00 bits per heavy atom. The van der Waals surface area contributed by atoms with Crippen molar-refractivity contribution in [1.29, 1.82) is 0 Å². The summed E-state index contributed by atoms with van der Waals surface area (Å²) in [6, 6.07) is 8.00. The quantitative estimate of drug-likeness (QED) is 0.826. The van der Waals surface area contributed by atoms with Crippen LogP contribution in [0.1, 0.15) is 62.6 Å². The molecule has 104 valence electrons. The van der Waals surface area contributed by atoms with E-state index in [4.69, 9.17) is 0 Å². The molecule has 2 aliphatic rings. The SMILES string of the molecule is CCC1CCCC(NC2CCc3c(Br)cccc32)C1. The Hall–Kier alpha value is -0.340. The highest BCUT2D eigenvalue weighted by Crippen LogP contribution is 2.37. The van der Waals surface area contributed by atoms with Gasteiger partial charge in [-0.2, -0.15) is 0 Å². The number of hydrogen-bond donors (Lipinski definition) is 1. The van der Waals surface area contributed by atoms with Crippen molar-refractivity contribution in [2.45, 2.75) is 64.0 Å². The molecule has 0 saturated heterocycles. The molecule has 1 fully saturated rings. The molecule has 0 amide bonds. The van der Waals surface area contributed by atoms with Gasteiger partial charge in [-0.1, -0.05) is 54.2 Å². The molecule has 1 aromatic rings. The summed E-state index contributed by atoms with van der Waals surface area (Å²) in [5.74, 6) is 0.953. The fraction of sp³-hybridized carbons (Fsp3) is 0.647. The van der Waals surface area contributed by atoms with Gasteiger partial charge in [-0.25, -0.2) is 0 Å². The van der Waals surface area contributed by atoms with Crippen LogP contribution < -0.4 is 5.32 Å². The molecule has 1 N–H and O–H groups in total. The van der Waals surface area contributed by atoms with E-state index in [-0.39, 0.29) is 0 Å². The summed E-state index contributed by atoms with van der Waals surface area (Å²) < 4.78 is 1.30. The Morgan fingerprint density at radius 2 is 2.16 bits per heavy atom. The predicted octanol–water partition coefficient (Wildman–Crippen LogP) is 4.99. The topological polar surface area (TPSA) is 12.0 Å². The summed E-state index contributed by atoms with van der Waals surface area (Å²) in [6.07, 6.45) is 9.46. The lowest BCUT2D eigenvalue weighted by atomic mass is 9.84. The minimum absolute atomic E-state index is 0.591. The van der Waals surface area contributed by atoms with Gasteiger partial charge in [0, 0.05) is 16.6 Å². The average Bonchev–Trinajstić information content (AvgIpc) is 2.84. The fourth-order valence-electron chi connectivity index (χ4n) is 3.88. The number of nitrogens with one attached hydrogen (secondary N) is 1. The van der Waals surface area contributed by atoms with Crippen LogP contribution in [0.5, 0.6) is 0 Å². The van der Waals surface area contributed by atoms with E-state index in [9.17, 15) is 0 Å². The van der Waals surface area contributed by atoms with Crippen LogP contribution in [0, 0.1) is 5.92 Å². The minimum atomic E-state index is 0.591. The molecule has 3 atom stereocenters. The van der Waals surface area contributed by atoms with Crippen molar-refractivity contribution in [2.24, 2.45) is 5.92 Å². The highest BCUT2D eigenvalue weighted by molar-refractivity contribution is 9.10. The standard InChI is InChI=1S/C17H24BrN/c1-2-12-5-3-6-13(11-12)19-17-10-9-14-15(17)7-4-8-16(14)18/h4,7-8,12-13,17,19H,2-3,5-6,9-11H2,1H3. The van der Waals surface area contributed by atoms with Crippen molar-refractivity contribution in [2.75, 3.05) is 0 Å². The van der Waals surface area contributed by atoms with Gasteiger partial charge in [0.15, 0.2) is 0 Å². The maximum atomic E-state index is 3.94. The van der Waals surface area contributed by atoms with Gasteiger partial charge in [0.1, 0.15) is 0 Å². The van der Waals surface area contributed by atoms with Gasteiger partial charge in [0.2, 0.25) is 0 Å². The zero-order valence-corrected chi connectivity index (χ0v) is 13.4. The lowest BCUT2D eigenvalue weighted by Crippen LogP contribution is -2.36.